The van der Waals surface area contributed by atoms with Crippen molar-refractivity contribution >= 4 is 21.6 Å². The van der Waals surface area contributed by atoms with Crippen LogP contribution in [0.2, 0.25) is 0 Å². The van der Waals surface area contributed by atoms with Crippen LogP contribution in [0.15, 0.2) is 11.0 Å². The van der Waals surface area contributed by atoms with Gasteiger partial charge in [-0.25, -0.2) is 13.1 Å². The molecule has 0 saturated heterocycles. The quantitative estimate of drug-likeness (QED) is 0.695. The molecule has 0 aliphatic carbocycles. The molecule has 0 bridgehead atoms. The lowest BCUT2D eigenvalue weighted by molar-refractivity contribution is -0.118. The Morgan fingerprint density at radius 1 is 1.30 bits per heavy atom. The number of carbonyl (C=O) groups is 1. The number of nitrogens with one attached hydrogen (secondary N) is 1. The maximum Gasteiger partial charge on any atom is 0.241 e. The fraction of sp³-hybridized carbons (Fsp3) is 0.462. The summed E-state index contributed by atoms with van der Waals surface area (Å²) in [6.45, 7) is 6.80. The first kappa shape index (κ1) is 16.5. The first-order valence-electron chi connectivity index (χ1n) is 6.23. The Labute approximate surface area is 119 Å². The Balaban J connectivity index is 3.23. The topological polar surface area (TPSA) is 115 Å². The van der Waals surface area contributed by atoms with Crippen LogP contribution in [0.3, 0.4) is 0 Å². The number of anilines is 1. The van der Waals surface area contributed by atoms with Crippen molar-refractivity contribution in [1.29, 1.82) is 0 Å². The molecule has 0 heterocycles. The van der Waals surface area contributed by atoms with Crippen molar-refractivity contribution in [2.45, 2.75) is 45.1 Å². The molecule has 112 valence electrons. The zero-order valence-electron chi connectivity index (χ0n) is 12.1. The summed E-state index contributed by atoms with van der Waals surface area (Å²) in [5.41, 5.74) is 13.4. The number of nitrogen functional groups attached to an aromatic ring is 1. The van der Waals surface area contributed by atoms with Gasteiger partial charge in [0.2, 0.25) is 15.9 Å². The molecule has 5 N–H and O–H groups in total. The number of sulfonamides is 1. The van der Waals surface area contributed by atoms with Crippen molar-refractivity contribution < 1.29 is 13.2 Å². The Morgan fingerprint density at radius 3 is 2.35 bits per heavy atom. The van der Waals surface area contributed by atoms with E-state index in [4.69, 9.17) is 11.5 Å². The number of hydrogen-bond donors (Lipinski definition) is 3. The van der Waals surface area contributed by atoms with Gasteiger partial charge in [0.15, 0.2) is 0 Å². The molecular weight excluding hydrogens is 278 g/mol. The van der Waals surface area contributed by atoms with Gasteiger partial charge >= 0.3 is 0 Å². The second kappa shape index (κ2) is 5.80. The van der Waals surface area contributed by atoms with Gasteiger partial charge in [0, 0.05) is 18.2 Å². The van der Waals surface area contributed by atoms with E-state index in [1.807, 2.05) is 6.92 Å². The van der Waals surface area contributed by atoms with Crippen molar-refractivity contribution in [3.63, 3.8) is 0 Å². The van der Waals surface area contributed by atoms with Crippen LogP contribution < -0.4 is 16.2 Å². The van der Waals surface area contributed by atoms with Crippen LogP contribution in [0.1, 0.15) is 30.0 Å². The molecule has 0 aromatic heterocycles. The minimum atomic E-state index is -3.74. The number of carbonyl (C=O) groups excluding carboxylic acids is 1. The van der Waals surface area contributed by atoms with E-state index >= 15 is 0 Å². The van der Waals surface area contributed by atoms with E-state index in [0.717, 1.165) is 5.56 Å². The Morgan fingerprint density at radius 2 is 1.85 bits per heavy atom. The van der Waals surface area contributed by atoms with Crippen LogP contribution in [0, 0.1) is 20.8 Å². The molecule has 0 aliphatic heterocycles. The van der Waals surface area contributed by atoms with Gasteiger partial charge in [0.25, 0.3) is 0 Å². The fourth-order valence-electron chi connectivity index (χ4n) is 2.26. The molecule has 1 atom stereocenters. The minimum Gasteiger partial charge on any atom is -0.398 e. The van der Waals surface area contributed by atoms with E-state index < -0.39 is 22.0 Å². The highest BCUT2D eigenvalue weighted by Crippen LogP contribution is 2.28. The lowest BCUT2D eigenvalue weighted by Gasteiger charge is -2.18. The number of rotatable bonds is 5. The van der Waals surface area contributed by atoms with Gasteiger partial charge < -0.3 is 11.5 Å². The molecule has 1 aromatic carbocycles. The third kappa shape index (κ3) is 3.49. The van der Waals surface area contributed by atoms with E-state index in [1.54, 1.807) is 26.8 Å². The highest BCUT2D eigenvalue weighted by atomic mass is 32.2. The molecule has 1 aromatic rings. The van der Waals surface area contributed by atoms with E-state index in [-0.39, 0.29) is 11.3 Å². The first-order valence-corrected chi connectivity index (χ1v) is 7.71. The lowest BCUT2D eigenvalue weighted by Crippen LogP contribution is -2.36. The van der Waals surface area contributed by atoms with Crippen molar-refractivity contribution in [1.82, 2.24) is 4.72 Å². The molecule has 0 radical (unpaired) electrons. The molecule has 0 saturated carbocycles. The third-order valence-corrected chi connectivity index (χ3v) is 4.97. The summed E-state index contributed by atoms with van der Waals surface area (Å²) < 4.78 is 27.3. The van der Waals surface area contributed by atoms with E-state index in [0.29, 0.717) is 16.8 Å². The summed E-state index contributed by atoms with van der Waals surface area (Å²) in [7, 11) is -3.74. The van der Waals surface area contributed by atoms with E-state index in [9.17, 15) is 13.2 Å². The summed E-state index contributed by atoms with van der Waals surface area (Å²) in [5, 5.41) is 0. The normalized spacial score (nSPS) is 13.2. The maximum atomic E-state index is 12.4. The van der Waals surface area contributed by atoms with Crippen LogP contribution in [-0.2, 0) is 14.8 Å². The number of nitrogens with two attached hydrogens (primary N) is 2. The lowest BCUT2D eigenvalue weighted by atomic mass is 10.1. The largest absolute Gasteiger partial charge is 0.398 e. The Kier molecular flexibility index (Phi) is 4.77. The highest BCUT2D eigenvalue weighted by molar-refractivity contribution is 7.89. The molecule has 7 heteroatoms. The van der Waals surface area contributed by atoms with Crippen molar-refractivity contribution in [3.8, 4) is 0 Å². The number of hydrogen-bond acceptors (Lipinski definition) is 4. The SMILES string of the molecule is Cc1cc(C)c(S(=O)(=O)NC(C)CC(N)=O)c(C)c1N. The van der Waals surface area contributed by atoms with Crippen molar-refractivity contribution in [3.05, 3.63) is 22.8 Å². The summed E-state index contributed by atoms with van der Waals surface area (Å²) in [6, 6.07) is 1.16. The predicted molar refractivity (Wildman–Crippen MR) is 78.7 cm³/mol. The van der Waals surface area contributed by atoms with Gasteiger partial charge in [-0.05, 0) is 44.4 Å². The average Bonchev–Trinajstić information content (AvgIpc) is 2.23. The Hall–Kier alpha value is -1.60. The smallest absolute Gasteiger partial charge is 0.241 e. The van der Waals surface area contributed by atoms with Crippen LogP contribution in [-0.4, -0.2) is 20.4 Å². The van der Waals surface area contributed by atoms with Crippen LogP contribution >= 0.6 is 0 Å². The average molecular weight is 299 g/mol. The monoisotopic (exact) mass is 299 g/mol. The zero-order chi connectivity index (χ0) is 15.7. The molecular formula is C13H21N3O3S. The van der Waals surface area contributed by atoms with Crippen LogP contribution in [0.25, 0.3) is 0 Å². The fourth-order valence-corrected chi connectivity index (χ4v) is 3.99. The minimum absolute atomic E-state index is 0.0569. The van der Waals surface area contributed by atoms with Gasteiger partial charge in [0.05, 0.1) is 4.90 Å². The van der Waals surface area contributed by atoms with E-state index in [1.165, 1.54) is 0 Å². The zero-order valence-corrected chi connectivity index (χ0v) is 13.0. The number of benzene rings is 1. The van der Waals surface area contributed by atoms with Gasteiger partial charge in [-0.3, -0.25) is 4.79 Å². The molecule has 1 rings (SSSR count). The maximum absolute atomic E-state index is 12.4. The Bertz CT molecular complexity index is 639. The number of primary amides is 1. The standard InChI is InChI=1S/C13H21N3O3S/c1-7-5-8(2)13(10(4)12(7)15)20(18,19)16-9(3)6-11(14)17/h5,9,16H,6,15H2,1-4H3,(H2,14,17). The molecule has 6 nitrogen and oxygen atoms in total. The van der Waals surface area contributed by atoms with Crippen LogP contribution in [0.4, 0.5) is 5.69 Å². The molecule has 1 amide bonds. The van der Waals surface area contributed by atoms with Gasteiger partial charge in [-0.15, -0.1) is 0 Å². The van der Waals surface area contributed by atoms with Crippen molar-refractivity contribution in [2.75, 3.05) is 5.73 Å². The molecule has 0 aliphatic rings. The summed E-state index contributed by atoms with van der Waals surface area (Å²) in [6.07, 6.45) is -0.0569. The number of aryl methyl sites for hydroxylation is 2. The third-order valence-electron chi connectivity index (χ3n) is 3.09. The van der Waals surface area contributed by atoms with Crippen LogP contribution in [0.5, 0.6) is 0 Å². The van der Waals surface area contributed by atoms with Gasteiger partial charge in [-0.2, -0.15) is 0 Å². The highest BCUT2D eigenvalue weighted by Gasteiger charge is 2.24. The van der Waals surface area contributed by atoms with Gasteiger partial charge in [0.1, 0.15) is 0 Å². The second-order valence-electron chi connectivity index (χ2n) is 5.07. The van der Waals surface area contributed by atoms with Gasteiger partial charge in [-0.1, -0.05) is 6.07 Å². The van der Waals surface area contributed by atoms with E-state index in [2.05, 4.69) is 4.72 Å². The van der Waals surface area contributed by atoms with Crippen molar-refractivity contribution in [2.24, 2.45) is 5.73 Å². The first-order chi connectivity index (χ1) is 9.06. The summed E-state index contributed by atoms with van der Waals surface area (Å²) >= 11 is 0. The second-order valence-corrected chi connectivity index (χ2v) is 6.72. The molecule has 0 fully saturated rings. The summed E-state index contributed by atoms with van der Waals surface area (Å²) in [4.78, 5) is 11.0. The predicted octanol–water partition coefficient (Wildman–Crippen LogP) is 0.736. The molecule has 20 heavy (non-hydrogen) atoms. The molecule has 0 spiro atoms. The number of amides is 1. The molecule has 1 unspecified atom stereocenters. The summed E-state index contributed by atoms with van der Waals surface area (Å²) in [5.74, 6) is -0.558.